The van der Waals surface area contributed by atoms with Gasteiger partial charge in [-0.15, -0.1) is 0 Å². The van der Waals surface area contributed by atoms with Gasteiger partial charge in [-0.2, -0.15) is 4.79 Å². The molecule has 0 spiro atoms. The summed E-state index contributed by atoms with van der Waals surface area (Å²) in [5, 5.41) is 70.1. The monoisotopic (exact) mass is 726 g/mol. The van der Waals surface area contributed by atoms with Crippen LogP contribution in [0.15, 0.2) is 21.3 Å². The maximum absolute atomic E-state index is 12.7. The van der Waals surface area contributed by atoms with E-state index < -0.39 is 84.5 Å². The van der Waals surface area contributed by atoms with Crippen LogP contribution in [-0.4, -0.2) is 131 Å². The van der Waals surface area contributed by atoms with Crippen LogP contribution in [0.5, 0.6) is 0 Å². The van der Waals surface area contributed by atoms with Gasteiger partial charge in [0.25, 0.3) is 0 Å². The molecule has 7 N–H and O–H groups in total. The number of ether oxygens (including phenoxy) is 4. The van der Waals surface area contributed by atoms with Crippen LogP contribution in [0, 0.1) is 0 Å². The minimum absolute atomic E-state index is 0.0796. The van der Waals surface area contributed by atoms with Crippen molar-refractivity contribution in [3.8, 4) is 0 Å². The lowest BCUT2D eigenvalue weighted by atomic mass is 9.99. The third-order valence-corrected chi connectivity index (χ3v) is 7.53. The van der Waals surface area contributed by atoms with Crippen LogP contribution in [0.1, 0.15) is 0 Å². The molecule has 10 atom stereocenters. The Kier molecular flexibility index (Phi) is 9.80. The third-order valence-electron chi connectivity index (χ3n) is 5.71. The molecule has 2 saturated heterocycles. The molecule has 0 radical (unpaired) electrons. The number of rotatable bonds is 7. The van der Waals surface area contributed by atoms with Crippen molar-refractivity contribution < 1.29 is 64.3 Å². The number of halogens is 2. The second kappa shape index (κ2) is 11.8. The summed E-state index contributed by atoms with van der Waals surface area (Å²) in [6.45, 7) is -2.37. The highest BCUT2D eigenvalue weighted by Crippen LogP contribution is 2.37. The largest absolute Gasteiger partial charge is 0.456 e. The van der Waals surface area contributed by atoms with E-state index in [-0.39, 0.29) is 5.57 Å². The molecule has 0 aromatic heterocycles. The molecule has 16 heteroatoms. The first-order valence-electron chi connectivity index (χ1n) is 10.2. The molecule has 3 rings (SSSR count). The number of allylic oxidation sites excluding steroid dienone is 2. The van der Waals surface area contributed by atoms with Crippen molar-refractivity contribution in [3.05, 3.63) is 26.8 Å². The second-order valence-corrected chi connectivity index (χ2v) is 10.5. The van der Waals surface area contributed by atoms with Gasteiger partial charge in [0.1, 0.15) is 53.3 Å². The van der Waals surface area contributed by atoms with Crippen LogP contribution in [0.4, 0.5) is 0 Å². The summed E-state index contributed by atoms with van der Waals surface area (Å²) in [7, 11) is 0. The van der Waals surface area contributed by atoms with Crippen LogP contribution < -0.4 is 0 Å². The zero-order chi connectivity index (χ0) is 26.1. The van der Waals surface area contributed by atoms with Crippen molar-refractivity contribution in [2.75, 3.05) is 19.8 Å². The Labute approximate surface area is 225 Å². The Morgan fingerprint density at radius 2 is 1.74 bits per heavy atom. The lowest BCUT2D eigenvalue weighted by Crippen LogP contribution is -2.62. The highest BCUT2D eigenvalue weighted by atomic mass is 127. The fraction of sp³-hybridized carbons (Fsp3) is 0.684. The predicted octanol–water partition coefficient (Wildman–Crippen LogP) is -3.11. The van der Waals surface area contributed by atoms with E-state index in [2.05, 4.69) is 4.79 Å². The van der Waals surface area contributed by atoms with Crippen LogP contribution >= 0.6 is 45.2 Å². The van der Waals surface area contributed by atoms with Gasteiger partial charge in [0.05, 0.1) is 22.4 Å². The molecule has 35 heavy (non-hydrogen) atoms. The molecule has 3 aliphatic rings. The Balaban J connectivity index is 1.83. The Hall–Kier alpha value is -0.610. The third kappa shape index (κ3) is 5.79. The average Bonchev–Trinajstić information content (AvgIpc) is 3.07. The molecular formula is C19H24I2N2O12. The van der Waals surface area contributed by atoms with Gasteiger partial charge in [-0.25, -0.2) is 4.79 Å². The number of esters is 1. The highest BCUT2D eigenvalue weighted by Gasteiger charge is 2.59. The lowest BCUT2D eigenvalue weighted by Gasteiger charge is -2.43. The Morgan fingerprint density at radius 1 is 1.09 bits per heavy atom. The molecule has 2 fully saturated rings. The molecule has 2 aliphatic heterocycles. The number of alkyl halides is 1. The number of carbonyl (C=O) groups excluding carboxylic acids is 1. The minimum Gasteiger partial charge on any atom is -0.456 e. The number of carbonyl (C=O) groups is 1. The maximum atomic E-state index is 12.7. The van der Waals surface area contributed by atoms with E-state index in [0.717, 1.165) is 0 Å². The SMILES string of the molecule is [N-]=[N+]=C1C(I)=CC(C(=O)OC[C@@]2(O[C@H]3O[C@H](CO)[C@@H](O)[C@H](O)[C@H]3O)O[C@H](CO)[C@@H](O)[C@@H]2O)=CC1I. The molecule has 0 saturated carbocycles. The van der Waals surface area contributed by atoms with Crippen molar-refractivity contribution in [2.45, 2.75) is 58.7 Å². The summed E-state index contributed by atoms with van der Waals surface area (Å²) in [6, 6.07) is 0. The maximum Gasteiger partial charge on any atom is 0.338 e. The van der Waals surface area contributed by atoms with Crippen LogP contribution in [0.25, 0.3) is 5.53 Å². The van der Waals surface area contributed by atoms with Gasteiger partial charge in [0.15, 0.2) is 6.29 Å². The van der Waals surface area contributed by atoms with E-state index in [9.17, 15) is 40.5 Å². The summed E-state index contributed by atoms with van der Waals surface area (Å²) in [6.07, 6.45) is -10.7. The van der Waals surface area contributed by atoms with Gasteiger partial charge >= 0.3 is 11.7 Å². The zero-order valence-corrected chi connectivity index (χ0v) is 22.1. The molecule has 0 aromatic rings. The quantitative estimate of drug-likeness (QED) is 0.0455. The predicted molar refractivity (Wildman–Crippen MR) is 129 cm³/mol. The summed E-state index contributed by atoms with van der Waals surface area (Å²) in [5.41, 5.74) is 9.50. The van der Waals surface area contributed by atoms with Crippen LogP contribution in [0.2, 0.25) is 0 Å². The van der Waals surface area contributed by atoms with E-state index >= 15 is 0 Å². The summed E-state index contributed by atoms with van der Waals surface area (Å²) < 4.78 is 21.6. The molecule has 0 amide bonds. The molecule has 1 aliphatic carbocycles. The summed E-state index contributed by atoms with van der Waals surface area (Å²) >= 11 is 3.80. The fourth-order valence-corrected chi connectivity index (χ4v) is 5.95. The number of aliphatic hydroxyl groups excluding tert-OH is 7. The first-order chi connectivity index (χ1) is 16.5. The van der Waals surface area contributed by atoms with Crippen LogP contribution in [0.3, 0.4) is 0 Å². The number of nitrogens with zero attached hydrogens (tertiary/aromatic N) is 2. The first kappa shape index (κ1) is 29.0. The highest BCUT2D eigenvalue weighted by molar-refractivity contribution is 14.1. The standard InChI is InChI=1S/C19H24I2N2O12/c20-7-1-6(2-8(21)11(7)23-22)17(31)32-5-19(16(30)13(27)10(4-25)34-19)35-18-15(29)14(28)12(26)9(3-24)33-18/h1-2,7,9-10,12-16,18,24-30H,3-5H2/t7?,9-,10-,12-,13-,14+,15-,16+,18-,19+/m1/s1. The van der Waals surface area contributed by atoms with Gasteiger partial charge in [0, 0.05) is 0 Å². The fourth-order valence-electron chi connectivity index (χ4n) is 3.72. The van der Waals surface area contributed by atoms with E-state index in [1.807, 2.05) is 45.2 Å². The molecule has 196 valence electrons. The van der Waals surface area contributed by atoms with E-state index in [0.29, 0.717) is 9.29 Å². The van der Waals surface area contributed by atoms with Crippen LogP contribution in [-0.2, 0) is 23.7 Å². The Bertz CT molecular complexity index is 926. The zero-order valence-electron chi connectivity index (χ0n) is 17.8. The van der Waals surface area contributed by atoms with Crippen molar-refractivity contribution in [3.63, 3.8) is 0 Å². The summed E-state index contributed by atoms with van der Waals surface area (Å²) in [5.74, 6) is -3.27. The van der Waals surface area contributed by atoms with Gasteiger partial charge in [-0.05, 0) is 34.7 Å². The molecular weight excluding hydrogens is 702 g/mol. The molecule has 0 aromatic carbocycles. The van der Waals surface area contributed by atoms with E-state index in [1.54, 1.807) is 0 Å². The van der Waals surface area contributed by atoms with Crippen molar-refractivity contribution >= 4 is 56.9 Å². The smallest absolute Gasteiger partial charge is 0.338 e. The number of hydrogen-bond donors (Lipinski definition) is 7. The summed E-state index contributed by atoms with van der Waals surface area (Å²) in [4.78, 5) is 15.9. The molecule has 14 nitrogen and oxygen atoms in total. The number of hydrogen-bond acceptors (Lipinski definition) is 12. The molecule has 0 bridgehead atoms. The topological polar surface area (TPSA) is 232 Å². The number of aliphatic hydroxyl groups is 7. The lowest BCUT2D eigenvalue weighted by molar-refractivity contribution is -0.383. The first-order valence-corrected chi connectivity index (χ1v) is 12.6. The van der Waals surface area contributed by atoms with Crippen molar-refractivity contribution in [2.24, 2.45) is 0 Å². The van der Waals surface area contributed by atoms with Crippen molar-refractivity contribution in [1.82, 2.24) is 0 Å². The van der Waals surface area contributed by atoms with Gasteiger partial charge in [0.2, 0.25) is 5.79 Å². The second-order valence-electron chi connectivity index (χ2n) is 7.98. The molecule has 1 unspecified atom stereocenters. The van der Waals surface area contributed by atoms with Crippen molar-refractivity contribution in [1.29, 1.82) is 0 Å². The normalized spacial score (nSPS) is 41.7. The minimum atomic E-state index is -2.37. The van der Waals surface area contributed by atoms with E-state index in [1.165, 1.54) is 12.2 Å². The van der Waals surface area contributed by atoms with E-state index in [4.69, 9.17) is 24.5 Å². The van der Waals surface area contributed by atoms with Gasteiger partial charge in [-0.3, -0.25) is 0 Å². The average molecular weight is 726 g/mol. The van der Waals surface area contributed by atoms with Gasteiger partial charge in [-0.1, -0.05) is 22.6 Å². The Morgan fingerprint density at radius 3 is 2.29 bits per heavy atom. The molecule has 2 heterocycles. The van der Waals surface area contributed by atoms with Gasteiger partial charge < -0.3 is 60.2 Å².